The van der Waals surface area contributed by atoms with Crippen LogP contribution in [0.4, 0.5) is 5.69 Å². The molecule has 0 aromatic heterocycles. The molecule has 0 fully saturated rings. The molecule has 0 aliphatic heterocycles. The number of hydrogen-bond donors (Lipinski definition) is 1. The van der Waals surface area contributed by atoms with Gasteiger partial charge in [0.25, 0.3) is 5.91 Å². The number of nitriles is 1. The predicted molar refractivity (Wildman–Crippen MR) is 132 cm³/mol. The van der Waals surface area contributed by atoms with Crippen LogP contribution in [0.1, 0.15) is 18.1 Å². The van der Waals surface area contributed by atoms with Gasteiger partial charge >= 0.3 is 0 Å². The first-order valence-electron chi connectivity index (χ1n) is 9.92. The monoisotopic (exact) mass is 500 g/mol. The van der Waals surface area contributed by atoms with Crippen molar-refractivity contribution in [3.8, 4) is 17.6 Å². The van der Waals surface area contributed by atoms with Gasteiger partial charge in [0.15, 0.2) is 11.5 Å². The highest BCUT2D eigenvalue weighted by Gasteiger charge is 2.15. The molecule has 0 aliphatic carbocycles. The molecule has 0 atom stereocenters. The van der Waals surface area contributed by atoms with Crippen LogP contribution >= 0.6 is 34.8 Å². The van der Waals surface area contributed by atoms with Gasteiger partial charge in [-0.2, -0.15) is 5.26 Å². The molecule has 33 heavy (non-hydrogen) atoms. The van der Waals surface area contributed by atoms with Crippen LogP contribution in [0.3, 0.4) is 0 Å². The molecule has 0 aliphatic rings. The van der Waals surface area contributed by atoms with Crippen LogP contribution in [0.15, 0.2) is 66.2 Å². The second kappa shape index (κ2) is 11.6. The third kappa shape index (κ3) is 6.66. The molecule has 168 valence electrons. The highest BCUT2D eigenvalue weighted by molar-refractivity contribution is 6.35. The molecule has 5 nitrogen and oxygen atoms in total. The van der Waals surface area contributed by atoms with E-state index >= 15 is 0 Å². The number of ether oxygens (including phenoxy) is 2. The van der Waals surface area contributed by atoms with E-state index in [9.17, 15) is 10.1 Å². The maximum absolute atomic E-state index is 12.5. The lowest BCUT2D eigenvalue weighted by Gasteiger charge is -2.15. The summed E-state index contributed by atoms with van der Waals surface area (Å²) in [5.41, 5.74) is 1.74. The zero-order chi connectivity index (χ0) is 23.8. The molecule has 0 saturated heterocycles. The molecule has 8 heteroatoms. The summed E-state index contributed by atoms with van der Waals surface area (Å²) >= 11 is 18.6. The quantitative estimate of drug-likeness (QED) is 0.262. The van der Waals surface area contributed by atoms with Crippen LogP contribution in [0, 0.1) is 11.3 Å². The van der Waals surface area contributed by atoms with E-state index in [-0.39, 0.29) is 17.2 Å². The maximum Gasteiger partial charge on any atom is 0.266 e. The lowest BCUT2D eigenvalue weighted by atomic mass is 10.1. The van der Waals surface area contributed by atoms with Crippen LogP contribution in [0.5, 0.6) is 11.5 Å². The largest absolute Gasteiger partial charge is 0.490 e. The first-order chi connectivity index (χ1) is 15.9. The number of anilines is 1. The number of benzene rings is 3. The fourth-order valence-corrected chi connectivity index (χ4v) is 3.63. The van der Waals surface area contributed by atoms with Crippen molar-refractivity contribution >= 4 is 52.5 Å². The molecule has 0 saturated carbocycles. The molecule has 0 heterocycles. The van der Waals surface area contributed by atoms with Gasteiger partial charge in [0.05, 0.1) is 11.6 Å². The minimum atomic E-state index is -0.532. The lowest BCUT2D eigenvalue weighted by Crippen LogP contribution is -2.13. The first-order valence-corrected chi connectivity index (χ1v) is 11.1. The predicted octanol–water partition coefficient (Wildman–Crippen LogP) is 7.17. The van der Waals surface area contributed by atoms with E-state index in [1.54, 1.807) is 54.6 Å². The molecule has 3 aromatic rings. The molecule has 3 aromatic carbocycles. The SMILES string of the molecule is CCOc1cc(/C=C(\C#N)C(=O)Nc2ccccc2)cc(Cl)c1OCc1ccc(Cl)cc1Cl. The van der Waals surface area contributed by atoms with Crippen molar-refractivity contribution in [3.63, 3.8) is 0 Å². The summed E-state index contributed by atoms with van der Waals surface area (Å²) in [6.45, 7) is 2.33. The van der Waals surface area contributed by atoms with Gasteiger partial charge in [0.1, 0.15) is 18.2 Å². The molecular formula is C25H19Cl3N2O3. The number of hydrogen-bond acceptors (Lipinski definition) is 4. The van der Waals surface area contributed by atoms with E-state index in [0.717, 1.165) is 5.56 Å². The van der Waals surface area contributed by atoms with Crippen LogP contribution < -0.4 is 14.8 Å². The molecule has 1 amide bonds. The Morgan fingerprint density at radius 2 is 1.79 bits per heavy atom. The number of nitrogens with one attached hydrogen (secondary N) is 1. The van der Waals surface area contributed by atoms with Gasteiger partial charge in [-0.15, -0.1) is 0 Å². The fourth-order valence-electron chi connectivity index (χ4n) is 2.90. The summed E-state index contributed by atoms with van der Waals surface area (Å²) in [6, 6.07) is 19.2. The Balaban J connectivity index is 1.85. The summed E-state index contributed by atoms with van der Waals surface area (Å²) in [6.07, 6.45) is 1.44. The number of nitrogens with zero attached hydrogens (tertiary/aromatic N) is 1. The summed E-state index contributed by atoms with van der Waals surface area (Å²) in [4.78, 5) is 12.5. The van der Waals surface area contributed by atoms with Crippen LogP contribution in [-0.2, 0) is 11.4 Å². The van der Waals surface area contributed by atoms with Crippen molar-refractivity contribution in [2.45, 2.75) is 13.5 Å². The lowest BCUT2D eigenvalue weighted by molar-refractivity contribution is -0.112. The first kappa shape index (κ1) is 24.5. The van der Waals surface area contributed by atoms with E-state index in [4.69, 9.17) is 44.3 Å². The van der Waals surface area contributed by atoms with Crippen molar-refractivity contribution in [2.24, 2.45) is 0 Å². The Labute approximate surface area is 207 Å². The minimum absolute atomic E-state index is 0.0843. The summed E-state index contributed by atoms with van der Waals surface area (Å²) < 4.78 is 11.6. The van der Waals surface area contributed by atoms with Crippen molar-refractivity contribution in [1.82, 2.24) is 0 Å². The van der Waals surface area contributed by atoms with E-state index in [2.05, 4.69) is 5.32 Å². The summed E-state index contributed by atoms with van der Waals surface area (Å²) in [5.74, 6) is 0.173. The van der Waals surface area contributed by atoms with Gasteiger partial charge in [0.2, 0.25) is 0 Å². The number of halogens is 3. The van der Waals surface area contributed by atoms with Crippen molar-refractivity contribution < 1.29 is 14.3 Å². The Morgan fingerprint density at radius 3 is 2.45 bits per heavy atom. The van der Waals surface area contributed by atoms with E-state index in [1.807, 2.05) is 19.1 Å². The second-order valence-corrected chi connectivity index (χ2v) is 8.03. The van der Waals surface area contributed by atoms with Gasteiger partial charge in [-0.1, -0.05) is 59.1 Å². The minimum Gasteiger partial charge on any atom is -0.490 e. The highest BCUT2D eigenvalue weighted by Crippen LogP contribution is 2.38. The molecule has 3 rings (SSSR count). The van der Waals surface area contributed by atoms with Crippen LogP contribution in [0.2, 0.25) is 15.1 Å². The average Bonchev–Trinajstić information content (AvgIpc) is 2.79. The Kier molecular flexibility index (Phi) is 8.62. The smallest absolute Gasteiger partial charge is 0.266 e. The second-order valence-electron chi connectivity index (χ2n) is 6.78. The van der Waals surface area contributed by atoms with Crippen LogP contribution in [-0.4, -0.2) is 12.5 Å². The van der Waals surface area contributed by atoms with E-state index in [1.165, 1.54) is 6.08 Å². The highest BCUT2D eigenvalue weighted by atomic mass is 35.5. The number of rotatable bonds is 8. The Morgan fingerprint density at radius 1 is 1.03 bits per heavy atom. The summed E-state index contributed by atoms with van der Waals surface area (Å²) in [5, 5.41) is 13.4. The van der Waals surface area contributed by atoms with Crippen molar-refractivity contribution in [2.75, 3.05) is 11.9 Å². The number of para-hydroxylation sites is 1. The molecule has 0 unspecified atom stereocenters. The number of carbonyl (C=O) groups excluding carboxylic acids is 1. The zero-order valence-corrected chi connectivity index (χ0v) is 19.8. The third-order valence-electron chi connectivity index (χ3n) is 4.43. The number of carbonyl (C=O) groups is 1. The fraction of sp³-hybridized carbons (Fsp3) is 0.120. The van der Waals surface area contributed by atoms with E-state index in [0.29, 0.717) is 39.4 Å². The molecule has 0 radical (unpaired) electrons. The third-order valence-corrected chi connectivity index (χ3v) is 5.29. The van der Waals surface area contributed by atoms with Gasteiger partial charge in [-0.25, -0.2) is 0 Å². The molecule has 0 spiro atoms. The normalized spacial score (nSPS) is 10.9. The van der Waals surface area contributed by atoms with Crippen molar-refractivity contribution in [1.29, 1.82) is 5.26 Å². The molecule has 1 N–H and O–H groups in total. The average molecular weight is 502 g/mol. The molecular weight excluding hydrogens is 483 g/mol. The zero-order valence-electron chi connectivity index (χ0n) is 17.6. The number of amides is 1. The van der Waals surface area contributed by atoms with Gasteiger partial charge < -0.3 is 14.8 Å². The van der Waals surface area contributed by atoms with Gasteiger partial charge in [-0.3, -0.25) is 4.79 Å². The maximum atomic E-state index is 12.5. The van der Waals surface area contributed by atoms with Crippen LogP contribution in [0.25, 0.3) is 6.08 Å². The summed E-state index contributed by atoms with van der Waals surface area (Å²) in [7, 11) is 0. The van der Waals surface area contributed by atoms with Crippen molar-refractivity contribution in [3.05, 3.63) is 92.4 Å². The topological polar surface area (TPSA) is 71.3 Å². The Bertz CT molecular complexity index is 1220. The molecule has 0 bridgehead atoms. The van der Waals surface area contributed by atoms with Gasteiger partial charge in [0, 0.05) is 21.3 Å². The van der Waals surface area contributed by atoms with Gasteiger partial charge in [-0.05, 0) is 55.0 Å². The standard InChI is InChI=1S/C25H19Cl3N2O3/c1-2-32-23-12-16(10-18(14-29)25(31)30-20-6-4-3-5-7-20)11-22(28)24(23)33-15-17-8-9-19(26)13-21(17)27/h3-13H,2,15H2,1H3,(H,30,31)/b18-10+. The van der Waals surface area contributed by atoms with E-state index < -0.39 is 5.91 Å². The Hall–Kier alpha value is -3.17.